The van der Waals surface area contributed by atoms with Gasteiger partial charge in [-0.3, -0.25) is 10.1 Å². The number of nitrogens with one attached hydrogen (secondary N) is 4. The van der Waals surface area contributed by atoms with Crippen molar-refractivity contribution in [3.63, 3.8) is 0 Å². The van der Waals surface area contributed by atoms with Crippen molar-refractivity contribution < 1.29 is 9.53 Å². The zero-order valence-corrected chi connectivity index (χ0v) is 29.1. The second kappa shape index (κ2) is 17.1. The molecule has 3 unspecified atom stereocenters. The Kier molecular flexibility index (Phi) is 13.3. The van der Waals surface area contributed by atoms with E-state index in [0.29, 0.717) is 23.0 Å². The Bertz CT molecular complexity index is 1450. The monoisotopic (exact) mass is 684 g/mol. The fraction of sp³-hybridized carbons (Fsp3) is 0.576. The minimum atomic E-state index is -0.692. The number of benzene rings is 2. The Hall–Kier alpha value is -3.43. The number of hydrogen-bond acceptors (Lipinski definition) is 9. The highest BCUT2D eigenvalue weighted by molar-refractivity contribution is 6.42. The molecule has 4 N–H and O–H groups in total. The number of carbonyl (C=O) groups is 1. The molecular formula is C33H46Cl2N10O2. The van der Waals surface area contributed by atoms with Crippen molar-refractivity contribution in [2.75, 3.05) is 31.5 Å². The third-order valence-electron chi connectivity index (χ3n) is 9.47. The van der Waals surface area contributed by atoms with E-state index in [1.807, 2.05) is 29.3 Å². The van der Waals surface area contributed by atoms with Gasteiger partial charge in [0.25, 0.3) is 0 Å². The van der Waals surface area contributed by atoms with Crippen LogP contribution >= 0.6 is 23.2 Å². The number of nitriles is 1. The molecule has 2 aliphatic heterocycles. The Balaban J connectivity index is 1.70. The molecule has 2 aliphatic rings. The van der Waals surface area contributed by atoms with E-state index in [9.17, 15) is 10.1 Å². The molecule has 14 heteroatoms. The van der Waals surface area contributed by atoms with Gasteiger partial charge < -0.3 is 20.3 Å². The van der Waals surface area contributed by atoms with Gasteiger partial charge in [0.05, 0.1) is 28.2 Å². The molecule has 0 radical (unpaired) electrons. The summed E-state index contributed by atoms with van der Waals surface area (Å²) < 4.78 is 6.68. The molecule has 0 aliphatic carbocycles. The second-order valence-electron chi connectivity index (χ2n) is 11.9. The SMILES string of the molecule is CCc1c(NC(NC#N)N2CC(N(CCN=[N+]=[N-])C(=O)[C@H]3CCCN3)C(c3ccc(Cl)c(Cl)c3)N2)cccc1OC(CC)(CC)CC. The Morgan fingerprint density at radius 1 is 1.23 bits per heavy atom. The number of anilines is 1. The first-order valence-electron chi connectivity index (χ1n) is 16.5. The number of halogens is 2. The third kappa shape index (κ3) is 8.54. The van der Waals surface area contributed by atoms with Crippen LogP contribution < -0.4 is 26.1 Å². The van der Waals surface area contributed by atoms with Gasteiger partial charge in [-0.1, -0.05) is 68.1 Å². The van der Waals surface area contributed by atoms with Crippen molar-refractivity contribution >= 4 is 34.8 Å². The zero-order chi connectivity index (χ0) is 34.0. The summed E-state index contributed by atoms with van der Waals surface area (Å²) >= 11 is 12.7. The van der Waals surface area contributed by atoms with Gasteiger partial charge in [0.2, 0.25) is 5.91 Å². The molecule has 47 heavy (non-hydrogen) atoms. The van der Waals surface area contributed by atoms with Gasteiger partial charge in [0, 0.05) is 35.8 Å². The summed E-state index contributed by atoms with van der Waals surface area (Å²) in [6.07, 6.45) is 6.42. The van der Waals surface area contributed by atoms with E-state index in [2.05, 4.69) is 65.3 Å². The molecule has 2 aromatic carbocycles. The summed E-state index contributed by atoms with van der Waals surface area (Å²) in [6, 6.07) is 10.2. The predicted molar refractivity (Wildman–Crippen MR) is 186 cm³/mol. The second-order valence-corrected chi connectivity index (χ2v) is 12.7. The first-order valence-corrected chi connectivity index (χ1v) is 17.2. The molecule has 0 aromatic heterocycles. The number of hydrogen-bond donors (Lipinski definition) is 4. The molecule has 4 rings (SSSR count). The fourth-order valence-electron chi connectivity index (χ4n) is 6.58. The first kappa shape index (κ1) is 36.4. The summed E-state index contributed by atoms with van der Waals surface area (Å²) in [5.74, 6) is 0.759. The Labute approximate surface area is 287 Å². The van der Waals surface area contributed by atoms with E-state index in [0.717, 1.165) is 61.2 Å². The summed E-state index contributed by atoms with van der Waals surface area (Å²) in [6.45, 7) is 10.00. The molecule has 2 heterocycles. The van der Waals surface area contributed by atoms with Gasteiger partial charge in [-0.05, 0) is 80.4 Å². The number of azide groups is 1. The minimum absolute atomic E-state index is 0.0588. The van der Waals surface area contributed by atoms with Crippen molar-refractivity contribution in [2.24, 2.45) is 5.11 Å². The van der Waals surface area contributed by atoms with Crippen LogP contribution in [0.3, 0.4) is 0 Å². The number of ether oxygens (including phenoxy) is 1. The number of nitrogens with zero attached hydrogens (tertiary/aromatic N) is 6. The average Bonchev–Trinajstić information content (AvgIpc) is 3.78. The van der Waals surface area contributed by atoms with Crippen LogP contribution in [0.4, 0.5) is 5.69 Å². The van der Waals surface area contributed by atoms with Gasteiger partial charge in [-0.15, -0.1) is 0 Å². The third-order valence-corrected chi connectivity index (χ3v) is 10.2. The smallest absolute Gasteiger partial charge is 0.240 e. The van der Waals surface area contributed by atoms with Crippen molar-refractivity contribution in [1.82, 2.24) is 26.0 Å². The van der Waals surface area contributed by atoms with Crippen LogP contribution in [0.25, 0.3) is 10.4 Å². The summed E-state index contributed by atoms with van der Waals surface area (Å²) in [4.78, 5) is 18.7. The van der Waals surface area contributed by atoms with Crippen molar-refractivity contribution in [3.05, 3.63) is 68.0 Å². The highest BCUT2D eigenvalue weighted by Crippen LogP contribution is 2.36. The fourth-order valence-corrected chi connectivity index (χ4v) is 6.89. The lowest BCUT2D eigenvalue weighted by Crippen LogP contribution is -2.54. The van der Waals surface area contributed by atoms with Crippen molar-refractivity contribution in [1.29, 1.82) is 5.26 Å². The van der Waals surface area contributed by atoms with Crippen LogP contribution in [0.15, 0.2) is 41.5 Å². The number of rotatable bonds is 16. The Morgan fingerprint density at radius 3 is 2.62 bits per heavy atom. The summed E-state index contributed by atoms with van der Waals surface area (Å²) in [7, 11) is 0. The predicted octanol–water partition coefficient (Wildman–Crippen LogP) is 6.49. The molecule has 4 atom stereocenters. The molecule has 2 saturated heterocycles. The molecule has 0 bridgehead atoms. The maximum Gasteiger partial charge on any atom is 0.240 e. The largest absolute Gasteiger partial charge is 0.487 e. The molecule has 12 nitrogen and oxygen atoms in total. The maximum atomic E-state index is 14.0. The highest BCUT2D eigenvalue weighted by atomic mass is 35.5. The summed E-state index contributed by atoms with van der Waals surface area (Å²) in [5.41, 5.74) is 15.0. The average molecular weight is 686 g/mol. The standard InChI is InChI=1S/C33H46Cl2N10O2/c1-5-23-26(11-9-13-29(23)47-33(6-2,7-3)8-4)41-32(39-21-36)45-20-28(30(42-45)22-14-15-24(34)25(35)19-22)44(18-17-40-43-37)31(46)27-12-10-16-38-27/h9,11,13-15,19,27-28,30,32,38-39,41-42H,5-8,10,12,16-18,20H2,1-4H3/t27-,28?,30?,32?/m1/s1. The van der Waals surface area contributed by atoms with Gasteiger partial charge >= 0.3 is 0 Å². The summed E-state index contributed by atoms with van der Waals surface area (Å²) in [5, 5.41) is 26.1. The van der Waals surface area contributed by atoms with Gasteiger partial charge in [0.1, 0.15) is 11.4 Å². The van der Waals surface area contributed by atoms with Crippen LogP contribution in [0.1, 0.15) is 77.0 Å². The van der Waals surface area contributed by atoms with Gasteiger partial charge in [-0.2, -0.15) is 5.26 Å². The molecule has 254 valence electrons. The van der Waals surface area contributed by atoms with Crippen LogP contribution in [0.2, 0.25) is 10.0 Å². The van der Waals surface area contributed by atoms with Crippen molar-refractivity contribution in [2.45, 2.75) is 96.2 Å². The van der Waals surface area contributed by atoms with E-state index < -0.39 is 18.4 Å². The minimum Gasteiger partial charge on any atom is -0.487 e. The van der Waals surface area contributed by atoms with Crippen LogP contribution in [-0.2, 0) is 11.2 Å². The lowest BCUT2D eigenvalue weighted by Gasteiger charge is -2.34. The zero-order valence-electron chi connectivity index (χ0n) is 27.6. The highest BCUT2D eigenvalue weighted by Gasteiger charge is 2.43. The maximum absolute atomic E-state index is 14.0. The molecule has 0 spiro atoms. The number of carbonyl (C=O) groups excluding carboxylic acids is 1. The quantitative estimate of drug-likeness (QED) is 0.0391. The number of amides is 1. The topological polar surface area (TPSA) is 153 Å². The molecule has 1 amide bonds. The number of hydrazine groups is 1. The van der Waals surface area contributed by atoms with E-state index in [1.165, 1.54) is 0 Å². The van der Waals surface area contributed by atoms with E-state index in [-0.39, 0.29) is 30.6 Å². The lowest BCUT2D eigenvalue weighted by molar-refractivity contribution is -0.135. The van der Waals surface area contributed by atoms with Crippen LogP contribution in [-0.4, -0.2) is 66.0 Å². The van der Waals surface area contributed by atoms with E-state index >= 15 is 0 Å². The van der Waals surface area contributed by atoms with Gasteiger partial charge in [0.15, 0.2) is 12.5 Å². The van der Waals surface area contributed by atoms with Crippen molar-refractivity contribution in [3.8, 4) is 11.9 Å². The Morgan fingerprint density at radius 2 is 2.00 bits per heavy atom. The lowest BCUT2D eigenvalue weighted by atomic mass is 9.93. The molecule has 0 saturated carbocycles. The van der Waals surface area contributed by atoms with Crippen LogP contribution in [0, 0.1) is 11.5 Å². The molecule has 2 aromatic rings. The normalized spacial score (nSPS) is 20.2. The first-order chi connectivity index (χ1) is 22.7. The van der Waals surface area contributed by atoms with E-state index in [1.54, 1.807) is 17.0 Å². The molecular weight excluding hydrogens is 639 g/mol. The van der Waals surface area contributed by atoms with Crippen LogP contribution in [0.5, 0.6) is 5.75 Å². The van der Waals surface area contributed by atoms with E-state index in [4.69, 9.17) is 33.5 Å². The molecule has 2 fully saturated rings. The van der Waals surface area contributed by atoms with Gasteiger partial charge in [-0.25, -0.2) is 10.4 Å².